The largest absolute Gasteiger partial charge is 0.496 e. The first-order chi connectivity index (χ1) is 22.6. The van der Waals surface area contributed by atoms with Gasteiger partial charge in [0.25, 0.3) is 10.0 Å². The molecule has 2 amide bonds. The van der Waals surface area contributed by atoms with Crippen LogP contribution in [0.4, 0.5) is 5.69 Å². The minimum atomic E-state index is -4.31. The lowest BCUT2D eigenvalue weighted by Crippen LogP contribution is -2.56. The molecule has 0 aliphatic carbocycles. The summed E-state index contributed by atoms with van der Waals surface area (Å²) in [4.78, 5) is 30.0. The zero-order valence-electron chi connectivity index (χ0n) is 27.3. The molecule has 0 bridgehead atoms. The first kappa shape index (κ1) is 37.3. The summed E-state index contributed by atoms with van der Waals surface area (Å²) in [5.74, 6) is -0.553. The molecule has 0 aliphatic rings. The predicted octanol–water partition coefficient (Wildman–Crippen LogP) is 7.82. The van der Waals surface area contributed by atoms with Crippen LogP contribution in [0.5, 0.6) is 5.75 Å². The smallest absolute Gasteiger partial charge is 0.264 e. The fourth-order valence-electron chi connectivity index (χ4n) is 5.01. The first-order valence-electron chi connectivity index (χ1n) is 15.1. The molecule has 254 valence electrons. The van der Waals surface area contributed by atoms with Gasteiger partial charge in [-0.05, 0) is 97.2 Å². The third-order valence-corrected chi connectivity index (χ3v) is 10.4. The zero-order valence-corrected chi connectivity index (χ0v) is 31.3. The summed E-state index contributed by atoms with van der Waals surface area (Å²) in [6.07, 6.45) is 0.169. The molecule has 0 radical (unpaired) electrons. The number of carbonyl (C=O) groups is 2. The van der Waals surface area contributed by atoms with E-state index in [1.807, 2.05) is 58.0 Å². The van der Waals surface area contributed by atoms with Crippen molar-refractivity contribution in [3.8, 4) is 5.75 Å². The highest BCUT2D eigenvalue weighted by Crippen LogP contribution is 2.32. The summed E-state index contributed by atoms with van der Waals surface area (Å²) >= 11 is 16.2. The molecule has 1 N–H and O–H groups in total. The van der Waals surface area contributed by atoms with Gasteiger partial charge < -0.3 is 15.0 Å². The van der Waals surface area contributed by atoms with Gasteiger partial charge in [0.2, 0.25) is 11.8 Å². The molecule has 0 fully saturated rings. The van der Waals surface area contributed by atoms with Crippen molar-refractivity contribution < 1.29 is 22.7 Å². The Balaban J connectivity index is 1.85. The lowest BCUT2D eigenvalue weighted by molar-refractivity contribution is -0.140. The summed E-state index contributed by atoms with van der Waals surface area (Å²) in [7, 11) is -2.83. The number of carbonyl (C=O) groups excluding carboxylic acids is 2. The van der Waals surface area contributed by atoms with Gasteiger partial charge in [-0.3, -0.25) is 13.9 Å². The maximum absolute atomic E-state index is 14.7. The van der Waals surface area contributed by atoms with E-state index in [2.05, 4.69) is 21.2 Å². The number of sulfonamides is 1. The van der Waals surface area contributed by atoms with Crippen LogP contribution in [0.3, 0.4) is 0 Å². The van der Waals surface area contributed by atoms with E-state index in [1.165, 1.54) is 30.2 Å². The fourth-order valence-corrected chi connectivity index (χ4v) is 7.62. The average Bonchev–Trinajstić information content (AvgIpc) is 3.02. The number of ether oxygens (including phenoxy) is 1. The lowest BCUT2D eigenvalue weighted by atomic mass is 10.0. The van der Waals surface area contributed by atoms with Crippen LogP contribution in [0.2, 0.25) is 10.0 Å². The molecule has 1 atom stereocenters. The Morgan fingerprint density at radius 2 is 1.60 bits per heavy atom. The van der Waals surface area contributed by atoms with E-state index in [4.69, 9.17) is 27.9 Å². The quantitative estimate of drug-likeness (QED) is 0.158. The Morgan fingerprint density at radius 1 is 0.938 bits per heavy atom. The monoisotopic (exact) mass is 773 g/mol. The van der Waals surface area contributed by atoms with Gasteiger partial charge >= 0.3 is 0 Å². The Hall–Kier alpha value is -3.57. The van der Waals surface area contributed by atoms with Crippen molar-refractivity contribution in [2.24, 2.45) is 0 Å². The van der Waals surface area contributed by atoms with Crippen molar-refractivity contribution >= 4 is 66.7 Å². The maximum atomic E-state index is 14.7. The maximum Gasteiger partial charge on any atom is 0.264 e. The number of nitrogens with one attached hydrogen (secondary N) is 1. The second-order valence-corrected chi connectivity index (χ2v) is 15.9. The summed E-state index contributed by atoms with van der Waals surface area (Å²) in [5.41, 5.74) is 1.94. The molecule has 0 heterocycles. The number of halogens is 3. The topological polar surface area (TPSA) is 96.0 Å². The van der Waals surface area contributed by atoms with E-state index in [-0.39, 0.29) is 23.5 Å². The molecular weight excluding hydrogens is 737 g/mol. The van der Waals surface area contributed by atoms with Crippen LogP contribution >= 0.6 is 39.1 Å². The average molecular weight is 776 g/mol. The molecule has 0 aliphatic heterocycles. The van der Waals surface area contributed by atoms with Gasteiger partial charge in [-0.1, -0.05) is 77.3 Å². The standard InChI is InChI=1S/C36H38BrCl2N3O5S/c1-24-11-15-28(16-12-24)42(48(45,46)29-17-18-33(47-5)30(37)21-29)23-34(43)41(22-26-13-14-27(38)20-31(26)39)32(35(44)40-36(2,3)4)19-25-9-7-6-8-10-25/h6-18,20-21,32H,19,22-23H2,1-5H3,(H,40,44). The second kappa shape index (κ2) is 15.8. The number of anilines is 1. The molecule has 4 aromatic carbocycles. The third-order valence-electron chi connectivity index (χ3n) is 7.44. The van der Waals surface area contributed by atoms with Crippen molar-refractivity contribution in [1.82, 2.24) is 10.2 Å². The van der Waals surface area contributed by atoms with Crippen molar-refractivity contribution in [1.29, 1.82) is 0 Å². The molecule has 4 rings (SSSR count). The Kier molecular flexibility index (Phi) is 12.2. The van der Waals surface area contributed by atoms with Crippen LogP contribution in [0.25, 0.3) is 0 Å². The van der Waals surface area contributed by atoms with E-state index in [0.717, 1.165) is 15.4 Å². The van der Waals surface area contributed by atoms with Gasteiger partial charge in [-0.15, -0.1) is 0 Å². The van der Waals surface area contributed by atoms with Gasteiger partial charge in [0.05, 0.1) is 22.2 Å². The van der Waals surface area contributed by atoms with Crippen LogP contribution in [0.1, 0.15) is 37.5 Å². The normalized spacial score (nSPS) is 12.2. The number of hydrogen-bond acceptors (Lipinski definition) is 5. The first-order valence-corrected chi connectivity index (χ1v) is 18.1. The van der Waals surface area contributed by atoms with E-state index < -0.39 is 40.0 Å². The Morgan fingerprint density at radius 3 is 2.19 bits per heavy atom. The number of rotatable bonds is 12. The van der Waals surface area contributed by atoms with Gasteiger partial charge in [-0.2, -0.15) is 0 Å². The van der Waals surface area contributed by atoms with Crippen molar-refractivity contribution in [2.45, 2.75) is 57.1 Å². The van der Waals surface area contributed by atoms with Crippen molar-refractivity contribution in [3.05, 3.63) is 122 Å². The highest BCUT2D eigenvalue weighted by Gasteiger charge is 2.36. The number of amides is 2. The van der Waals surface area contributed by atoms with Crippen LogP contribution in [-0.2, 0) is 32.6 Å². The van der Waals surface area contributed by atoms with Crippen molar-refractivity contribution in [3.63, 3.8) is 0 Å². The molecule has 48 heavy (non-hydrogen) atoms. The zero-order chi connectivity index (χ0) is 35.2. The van der Waals surface area contributed by atoms with E-state index >= 15 is 0 Å². The number of methoxy groups -OCH3 is 1. The number of hydrogen-bond donors (Lipinski definition) is 1. The van der Waals surface area contributed by atoms with Gasteiger partial charge in [-0.25, -0.2) is 8.42 Å². The minimum absolute atomic E-state index is 0.0536. The van der Waals surface area contributed by atoms with Gasteiger partial charge in [0, 0.05) is 28.5 Å². The molecule has 0 spiro atoms. The molecule has 0 aromatic heterocycles. The highest BCUT2D eigenvalue weighted by atomic mass is 79.9. The Labute approximate surface area is 301 Å². The van der Waals surface area contributed by atoms with E-state index in [0.29, 0.717) is 25.8 Å². The Bertz CT molecular complexity index is 1870. The molecule has 4 aromatic rings. The summed E-state index contributed by atoms with van der Waals surface area (Å²) in [5, 5.41) is 3.73. The molecule has 8 nitrogen and oxygen atoms in total. The summed E-state index contributed by atoms with van der Waals surface area (Å²) in [6, 6.07) is 24.4. The SMILES string of the molecule is COc1ccc(S(=O)(=O)N(CC(=O)N(Cc2ccc(Cl)cc2Cl)C(Cc2ccccc2)C(=O)NC(C)(C)C)c2ccc(C)cc2)cc1Br. The predicted molar refractivity (Wildman–Crippen MR) is 195 cm³/mol. The molecular formula is C36H38BrCl2N3O5S. The number of aryl methyl sites for hydroxylation is 1. The molecule has 1 unspecified atom stereocenters. The summed E-state index contributed by atoms with van der Waals surface area (Å²) in [6.45, 7) is 6.75. The number of nitrogens with zero attached hydrogens (tertiary/aromatic N) is 2. The number of benzene rings is 4. The minimum Gasteiger partial charge on any atom is -0.496 e. The molecule has 0 saturated carbocycles. The second-order valence-electron chi connectivity index (χ2n) is 12.3. The fraction of sp³-hybridized carbons (Fsp3) is 0.278. The van der Waals surface area contributed by atoms with Crippen LogP contribution in [0, 0.1) is 6.92 Å². The van der Waals surface area contributed by atoms with Crippen LogP contribution in [0.15, 0.2) is 100 Å². The van der Waals surface area contributed by atoms with Crippen LogP contribution in [-0.4, -0.2) is 50.4 Å². The molecule has 12 heteroatoms. The van der Waals surface area contributed by atoms with Gasteiger partial charge in [0.15, 0.2) is 0 Å². The molecule has 0 saturated heterocycles. The lowest BCUT2D eigenvalue weighted by Gasteiger charge is -2.35. The highest BCUT2D eigenvalue weighted by molar-refractivity contribution is 9.10. The third kappa shape index (κ3) is 9.53. The summed E-state index contributed by atoms with van der Waals surface area (Å²) < 4.78 is 35.5. The van der Waals surface area contributed by atoms with Crippen molar-refractivity contribution in [2.75, 3.05) is 18.0 Å². The van der Waals surface area contributed by atoms with Gasteiger partial charge in [0.1, 0.15) is 18.3 Å². The van der Waals surface area contributed by atoms with Crippen LogP contribution < -0.4 is 14.4 Å². The van der Waals surface area contributed by atoms with E-state index in [9.17, 15) is 18.0 Å². The van der Waals surface area contributed by atoms with E-state index in [1.54, 1.807) is 42.5 Å².